The molecule has 1 aromatic carbocycles. The number of fused-ring (bicyclic) bond motifs is 1. The number of amides is 2. The van der Waals surface area contributed by atoms with Crippen LogP contribution >= 0.6 is 11.3 Å². The minimum Gasteiger partial charge on any atom is -0.451 e. The van der Waals surface area contributed by atoms with E-state index >= 15 is 0 Å². The van der Waals surface area contributed by atoms with Crippen LogP contribution in [0.4, 0.5) is 0 Å². The summed E-state index contributed by atoms with van der Waals surface area (Å²) < 4.78 is 10.8. The lowest BCUT2D eigenvalue weighted by Crippen LogP contribution is -2.36. The van der Waals surface area contributed by atoms with Gasteiger partial charge < -0.3 is 9.15 Å². The van der Waals surface area contributed by atoms with E-state index in [1.54, 1.807) is 31.2 Å². The van der Waals surface area contributed by atoms with Gasteiger partial charge in [0.15, 0.2) is 6.10 Å². The first-order valence-electron chi connectivity index (χ1n) is 8.06. The number of aromatic nitrogens is 2. The number of imide groups is 1. The zero-order valence-corrected chi connectivity index (χ0v) is 14.9. The van der Waals surface area contributed by atoms with Crippen LogP contribution in [0, 0.1) is 0 Å². The van der Waals surface area contributed by atoms with E-state index < -0.39 is 30.4 Å². The van der Waals surface area contributed by atoms with E-state index in [-0.39, 0.29) is 17.0 Å². The predicted octanol–water partition coefficient (Wildman–Crippen LogP) is 2.70. The lowest BCUT2D eigenvalue weighted by molar-refractivity contribution is -0.149. The van der Waals surface area contributed by atoms with Crippen LogP contribution in [0.2, 0.25) is 0 Å². The zero-order chi connectivity index (χ0) is 19.0. The third-order valence-electron chi connectivity index (χ3n) is 3.99. The monoisotopic (exact) mass is 383 g/mol. The molecule has 3 heterocycles. The summed E-state index contributed by atoms with van der Waals surface area (Å²) in [5.74, 6) is -1.30. The molecule has 136 valence electrons. The molecular weight excluding hydrogens is 370 g/mol. The Hall–Kier alpha value is -3.33. The largest absolute Gasteiger partial charge is 0.451 e. The Morgan fingerprint density at radius 2 is 1.85 bits per heavy atom. The van der Waals surface area contributed by atoms with Gasteiger partial charge >= 0.3 is 5.97 Å². The summed E-state index contributed by atoms with van der Waals surface area (Å²) in [6.07, 6.45) is -0.811. The van der Waals surface area contributed by atoms with Crippen LogP contribution in [-0.2, 0) is 9.53 Å². The van der Waals surface area contributed by atoms with Gasteiger partial charge in [-0.15, -0.1) is 21.5 Å². The fourth-order valence-corrected chi connectivity index (χ4v) is 3.34. The average molecular weight is 383 g/mol. The molecule has 3 aromatic rings. The lowest BCUT2D eigenvalue weighted by atomic mass is 10.1. The molecule has 1 atom stereocenters. The van der Waals surface area contributed by atoms with E-state index in [0.717, 1.165) is 9.78 Å². The summed E-state index contributed by atoms with van der Waals surface area (Å²) in [5, 5.41) is 9.69. The summed E-state index contributed by atoms with van der Waals surface area (Å²) in [5.41, 5.74) is 0.557. The van der Waals surface area contributed by atoms with Crippen LogP contribution in [0.25, 0.3) is 10.8 Å². The van der Waals surface area contributed by atoms with E-state index in [2.05, 4.69) is 10.2 Å². The average Bonchev–Trinajstić information content (AvgIpc) is 3.39. The van der Waals surface area contributed by atoms with Crippen molar-refractivity contribution >= 4 is 29.1 Å². The first kappa shape index (κ1) is 17.1. The SMILES string of the molecule is C[C@@H](OC(=O)CN1C(=O)c2ccccc2C1=O)c1nnc(-c2cccs2)o1. The molecule has 0 radical (unpaired) electrons. The van der Waals surface area contributed by atoms with Gasteiger partial charge in [-0.05, 0) is 30.5 Å². The highest BCUT2D eigenvalue weighted by Gasteiger charge is 2.37. The molecule has 0 fully saturated rings. The maximum absolute atomic E-state index is 12.3. The number of rotatable bonds is 5. The minimum atomic E-state index is -0.811. The van der Waals surface area contributed by atoms with Crippen LogP contribution in [0.15, 0.2) is 46.2 Å². The molecule has 0 spiro atoms. The van der Waals surface area contributed by atoms with Gasteiger partial charge in [-0.3, -0.25) is 19.3 Å². The van der Waals surface area contributed by atoms with Crippen LogP contribution in [0.5, 0.6) is 0 Å². The van der Waals surface area contributed by atoms with Gasteiger partial charge in [0.25, 0.3) is 23.6 Å². The molecule has 1 aliphatic rings. The summed E-state index contributed by atoms with van der Waals surface area (Å²) in [6, 6.07) is 10.1. The van der Waals surface area contributed by atoms with Crippen molar-refractivity contribution in [3.05, 3.63) is 58.8 Å². The molecule has 0 saturated carbocycles. The topological polar surface area (TPSA) is 103 Å². The number of hydrogen-bond acceptors (Lipinski definition) is 8. The zero-order valence-electron chi connectivity index (χ0n) is 14.1. The second kappa shape index (κ2) is 6.76. The normalized spacial score (nSPS) is 14.3. The number of benzene rings is 1. The highest BCUT2D eigenvalue weighted by molar-refractivity contribution is 7.13. The second-order valence-electron chi connectivity index (χ2n) is 5.80. The number of carbonyl (C=O) groups excluding carboxylic acids is 3. The Bertz CT molecular complexity index is 992. The van der Waals surface area contributed by atoms with E-state index in [1.807, 2.05) is 17.5 Å². The molecule has 1 aliphatic heterocycles. The van der Waals surface area contributed by atoms with Crippen molar-refractivity contribution in [1.29, 1.82) is 0 Å². The lowest BCUT2D eigenvalue weighted by Gasteiger charge is -2.14. The van der Waals surface area contributed by atoms with Gasteiger partial charge in [-0.1, -0.05) is 18.2 Å². The van der Waals surface area contributed by atoms with Crippen molar-refractivity contribution in [2.24, 2.45) is 0 Å². The first-order chi connectivity index (χ1) is 13.0. The van der Waals surface area contributed by atoms with Gasteiger partial charge in [0, 0.05) is 0 Å². The van der Waals surface area contributed by atoms with Crippen molar-refractivity contribution in [1.82, 2.24) is 15.1 Å². The smallest absolute Gasteiger partial charge is 0.326 e. The molecule has 0 saturated heterocycles. The van der Waals surface area contributed by atoms with Crippen molar-refractivity contribution < 1.29 is 23.5 Å². The maximum atomic E-state index is 12.3. The van der Waals surface area contributed by atoms with Crippen LogP contribution in [-0.4, -0.2) is 39.4 Å². The van der Waals surface area contributed by atoms with E-state index in [9.17, 15) is 14.4 Å². The third kappa shape index (κ3) is 3.13. The molecule has 0 N–H and O–H groups in total. The molecular formula is C18H13N3O5S. The van der Waals surface area contributed by atoms with Crippen LogP contribution in [0.1, 0.15) is 39.6 Å². The molecule has 9 heteroatoms. The minimum absolute atomic E-state index is 0.133. The fraction of sp³-hybridized carbons (Fsp3) is 0.167. The van der Waals surface area contributed by atoms with Crippen molar-refractivity contribution in [2.75, 3.05) is 6.54 Å². The fourth-order valence-electron chi connectivity index (χ4n) is 2.70. The van der Waals surface area contributed by atoms with Crippen LogP contribution < -0.4 is 0 Å². The van der Waals surface area contributed by atoms with E-state index in [1.165, 1.54) is 11.3 Å². The Labute approximate surface area is 157 Å². The number of hydrogen-bond donors (Lipinski definition) is 0. The summed E-state index contributed by atoms with van der Waals surface area (Å²) in [7, 11) is 0. The number of esters is 1. The Balaban J connectivity index is 1.41. The molecule has 0 bridgehead atoms. The number of thiophene rings is 1. The maximum Gasteiger partial charge on any atom is 0.326 e. The van der Waals surface area contributed by atoms with Gasteiger partial charge in [0.1, 0.15) is 6.54 Å². The van der Waals surface area contributed by atoms with E-state index in [4.69, 9.17) is 9.15 Å². The molecule has 0 aliphatic carbocycles. The van der Waals surface area contributed by atoms with E-state index in [0.29, 0.717) is 5.89 Å². The van der Waals surface area contributed by atoms with Gasteiger partial charge in [0.2, 0.25) is 0 Å². The number of ether oxygens (including phenoxy) is 1. The highest BCUT2D eigenvalue weighted by Crippen LogP contribution is 2.26. The molecule has 27 heavy (non-hydrogen) atoms. The molecule has 0 unspecified atom stereocenters. The summed E-state index contributed by atoms with van der Waals surface area (Å²) >= 11 is 1.45. The van der Waals surface area contributed by atoms with Gasteiger partial charge in [-0.25, -0.2) is 0 Å². The number of carbonyl (C=O) groups is 3. The second-order valence-corrected chi connectivity index (χ2v) is 6.74. The molecule has 2 amide bonds. The Morgan fingerprint density at radius 3 is 2.48 bits per heavy atom. The third-order valence-corrected chi connectivity index (χ3v) is 4.85. The van der Waals surface area contributed by atoms with Gasteiger partial charge in [0.05, 0.1) is 16.0 Å². The molecule has 4 rings (SSSR count). The van der Waals surface area contributed by atoms with Crippen molar-refractivity contribution in [3.63, 3.8) is 0 Å². The Kier molecular flexibility index (Phi) is 4.28. The highest BCUT2D eigenvalue weighted by atomic mass is 32.1. The first-order valence-corrected chi connectivity index (χ1v) is 8.94. The summed E-state index contributed by atoms with van der Waals surface area (Å²) in [4.78, 5) is 38.5. The van der Waals surface area contributed by atoms with Crippen LogP contribution in [0.3, 0.4) is 0 Å². The number of nitrogens with zero attached hydrogens (tertiary/aromatic N) is 3. The van der Waals surface area contributed by atoms with Gasteiger partial charge in [-0.2, -0.15) is 0 Å². The quantitative estimate of drug-likeness (QED) is 0.493. The Morgan fingerprint density at radius 1 is 1.15 bits per heavy atom. The summed E-state index contributed by atoms with van der Waals surface area (Å²) in [6.45, 7) is 1.09. The molecule has 8 nitrogen and oxygen atoms in total. The predicted molar refractivity (Wildman–Crippen MR) is 93.9 cm³/mol. The van der Waals surface area contributed by atoms with Crippen molar-refractivity contribution in [2.45, 2.75) is 13.0 Å². The van der Waals surface area contributed by atoms with Crippen molar-refractivity contribution in [3.8, 4) is 10.8 Å². The molecule has 2 aromatic heterocycles. The standard InChI is InChI=1S/C18H13N3O5S/c1-10(15-19-20-16(26-15)13-7-4-8-27-13)25-14(22)9-21-17(23)11-5-2-3-6-12(11)18(21)24/h2-8,10H,9H2,1H3/t10-/m1/s1.